The highest BCUT2D eigenvalue weighted by Crippen LogP contribution is 2.25. The van der Waals surface area contributed by atoms with E-state index in [-0.39, 0.29) is 0 Å². The van der Waals surface area contributed by atoms with Crippen LogP contribution in [0.5, 0.6) is 5.75 Å². The lowest BCUT2D eigenvalue weighted by molar-refractivity contribution is -0.123. The van der Waals surface area contributed by atoms with Crippen LogP contribution in [0.15, 0.2) is 18.2 Å². The molecule has 1 aliphatic carbocycles. The van der Waals surface area contributed by atoms with Crippen LogP contribution in [0.2, 0.25) is 0 Å². The number of ether oxygens (including phenoxy) is 1. The summed E-state index contributed by atoms with van der Waals surface area (Å²) in [6.45, 7) is 1.67. The van der Waals surface area contributed by atoms with Crippen molar-refractivity contribution in [2.45, 2.75) is 38.7 Å². The van der Waals surface area contributed by atoms with Gasteiger partial charge in [-0.1, -0.05) is 6.07 Å². The molecular weight excluding hydrogens is 202 g/mol. The van der Waals surface area contributed by atoms with Gasteiger partial charge >= 0.3 is 0 Å². The first-order chi connectivity index (χ1) is 7.66. The zero-order valence-electron chi connectivity index (χ0n) is 9.53. The van der Waals surface area contributed by atoms with Crippen LogP contribution in [0.3, 0.4) is 0 Å². The lowest BCUT2D eigenvalue weighted by Gasteiger charge is -2.18. The molecule has 1 atom stereocenters. The van der Waals surface area contributed by atoms with Gasteiger partial charge in [0.1, 0.15) is 5.75 Å². The second kappa shape index (κ2) is 4.56. The average Bonchev–Trinajstić information content (AvgIpc) is 2.28. The Hall–Kier alpha value is -1.51. The Balaban J connectivity index is 2.14. The maximum absolute atomic E-state index is 10.9. The van der Waals surface area contributed by atoms with E-state index in [4.69, 9.17) is 10.5 Å². The van der Waals surface area contributed by atoms with Crippen molar-refractivity contribution in [2.24, 2.45) is 5.73 Å². The fourth-order valence-electron chi connectivity index (χ4n) is 2.05. The van der Waals surface area contributed by atoms with Crippen molar-refractivity contribution < 1.29 is 9.53 Å². The molecule has 0 heterocycles. The summed E-state index contributed by atoms with van der Waals surface area (Å²) < 4.78 is 5.47. The molecule has 3 nitrogen and oxygen atoms in total. The number of carbonyl (C=O) groups excluding carboxylic acids is 1. The number of fused-ring (bicyclic) bond motifs is 1. The largest absolute Gasteiger partial charge is 0.481 e. The molecule has 0 radical (unpaired) electrons. The zero-order valence-corrected chi connectivity index (χ0v) is 9.53. The number of hydrogen-bond acceptors (Lipinski definition) is 2. The average molecular weight is 219 g/mol. The van der Waals surface area contributed by atoms with E-state index in [0.717, 1.165) is 18.6 Å². The van der Waals surface area contributed by atoms with Gasteiger partial charge in [-0.25, -0.2) is 0 Å². The molecule has 3 heteroatoms. The zero-order chi connectivity index (χ0) is 11.5. The molecule has 1 aromatic carbocycles. The minimum atomic E-state index is -0.568. The van der Waals surface area contributed by atoms with E-state index in [1.807, 2.05) is 12.1 Å². The molecule has 1 amide bonds. The maximum Gasteiger partial charge on any atom is 0.258 e. The van der Waals surface area contributed by atoms with Crippen molar-refractivity contribution in [1.29, 1.82) is 0 Å². The van der Waals surface area contributed by atoms with Crippen molar-refractivity contribution in [2.75, 3.05) is 0 Å². The van der Waals surface area contributed by atoms with Crippen LogP contribution in [0.4, 0.5) is 0 Å². The van der Waals surface area contributed by atoms with Crippen LogP contribution >= 0.6 is 0 Å². The van der Waals surface area contributed by atoms with Crippen molar-refractivity contribution in [3.8, 4) is 5.75 Å². The number of amides is 1. The Morgan fingerprint density at radius 1 is 1.31 bits per heavy atom. The molecule has 0 unspecified atom stereocenters. The van der Waals surface area contributed by atoms with Gasteiger partial charge in [-0.2, -0.15) is 0 Å². The predicted octanol–water partition coefficient (Wildman–Crippen LogP) is 1.82. The third-order valence-corrected chi connectivity index (χ3v) is 3.03. The Bertz CT molecular complexity index is 401. The number of hydrogen-bond donors (Lipinski definition) is 1. The summed E-state index contributed by atoms with van der Waals surface area (Å²) in [7, 11) is 0. The molecule has 0 saturated heterocycles. The van der Waals surface area contributed by atoms with Gasteiger partial charge in [0.05, 0.1) is 0 Å². The molecule has 0 aliphatic heterocycles. The highest BCUT2D eigenvalue weighted by atomic mass is 16.5. The smallest absolute Gasteiger partial charge is 0.258 e. The van der Waals surface area contributed by atoms with Crippen LogP contribution in [0.25, 0.3) is 0 Å². The highest BCUT2D eigenvalue weighted by Gasteiger charge is 2.13. The molecule has 0 fully saturated rings. The molecule has 0 spiro atoms. The van der Waals surface area contributed by atoms with Crippen LogP contribution < -0.4 is 10.5 Å². The Kier molecular flexibility index (Phi) is 3.13. The fourth-order valence-corrected chi connectivity index (χ4v) is 2.05. The molecule has 0 bridgehead atoms. The number of carbonyl (C=O) groups is 1. The molecular formula is C13H17NO2. The van der Waals surface area contributed by atoms with E-state index in [2.05, 4.69) is 6.07 Å². The van der Waals surface area contributed by atoms with Crippen molar-refractivity contribution in [3.05, 3.63) is 29.3 Å². The van der Waals surface area contributed by atoms with Gasteiger partial charge in [-0.15, -0.1) is 0 Å². The topological polar surface area (TPSA) is 52.3 Å². The first-order valence-electron chi connectivity index (χ1n) is 5.74. The first kappa shape index (κ1) is 11.0. The van der Waals surface area contributed by atoms with E-state index in [9.17, 15) is 4.79 Å². The summed E-state index contributed by atoms with van der Waals surface area (Å²) in [5.74, 6) is 0.310. The van der Waals surface area contributed by atoms with Crippen molar-refractivity contribution in [3.63, 3.8) is 0 Å². The molecule has 1 aliphatic rings. The van der Waals surface area contributed by atoms with Crippen LogP contribution in [-0.4, -0.2) is 12.0 Å². The van der Waals surface area contributed by atoms with Gasteiger partial charge < -0.3 is 10.5 Å². The van der Waals surface area contributed by atoms with E-state index in [0.29, 0.717) is 0 Å². The minimum Gasteiger partial charge on any atom is -0.481 e. The number of aryl methyl sites for hydroxylation is 2. The van der Waals surface area contributed by atoms with Crippen molar-refractivity contribution >= 4 is 5.91 Å². The number of primary amides is 1. The van der Waals surface area contributed by atoms with Crippen molar-refractivity contribution in [1.82, 2.24) is 0 Å². The summed E-state index contributed by atoms with van der Waals surface area (Å²) in [6, 6.07) is 6.05. The second-order valence-electron chi connectivity index (χ2n) is 4.30. The normalized spacial score (nSPS) is 16.3. The lowest BCUT2D eigenvalue weighted by atomic mass is 9.92. The Morgan fingerprint density at radius 3 is 2.69 bits per heavy atom. The van der Waals surface area contributed by atoms with Gasteiger partial charge in [-0.05, 0) is 55.9 Å². The summed E-state index contributed by atoms with van der Waals surface area (Å²) >= 11 is 0. The van der Waals surface area contributed by atoms with Crippen LogP contribution in [0, 0.1) is 0 Å². The SMILES string of the molecule is C[C@H](Oc1ccc2c(c1)CCCC2)C(N)=O. The first-order valence-corrected chi connectivity index (χ1v) is 5.74. The highest BCUT2D eigenvalue weighted by molar-refractivity contribution is 5.78. The van der Waals surface area contributed by atoms with Gasteiger partial charge in [0.15, 0.2) is 6.10 Å². The molecule has 86 valence electrons. The third-order valence-electron chi connectivity index (χ3n) is 3.03. The number of rotatable bonds is 3. The van der Waals surface area contributed by atoms with Crippen LogP contribution in [0.1, 0.15) is 30.9 Å². The molecule has 1 aromatic rings. The molecule has 2 rings (SSSR count). The van der Waals surface area contributed by atoms with E-state index in [1.165, 1.54) is 24.0 Å². The minimum absolute atomic E-state index is 0.433. The molecule has 2 N–H and O–H groups in total. The lowest BCUT2D eigenvalue weighted by Crippen LogP contribution is -2.30. The van der Waals surface area contributed by atoms with Gasteiger partial charge in [0.2, 0.25) is 0 Å². The third kappa shape index (κ3) is 2.35. The van der Waals surface area contributed by atoms with Gasteiger partial charge in [-0.3, -0.25) is 4.79 Å². The predicted molar refractivity (Wildman–Crippen MR) is 62.4 cm³/mol. The standard InChI is InChI=1S/C13H17NO2/c1-9(13(14)15)16-12-7-6-10-4-2-3-5-11(10)8-12/h6-9H,2-5H2,1H3,(H2,14,15)/t9-/m0/s1. The van der Waals surface area contributed by atoms with Gasteiger partial charge in [0, 0.05) is 0 Å². The number of nitrogens with two attached hydrogens (primary N) is 1. The maximum atomic E-state index is 10.9. The summed E-state index contributed by atoms with van der Waals surface area (Å²) in [4.78, 5) is 10.9. The molecule has 16 heavy (non-hydrogen) atoms. The summed E-state index contributed by atoms with van der Waals surface area (Å²) in [5, 5.41) is 0. The number of benzene rings is 1. The van der Waals surface area contributed by atoms with Crippen LogP contribution in [-0.2, 0) is 17.6 Å². The van der Waals surface area contributed by atoms with E-state index in [1.54, 1.807) is 6.92 Å². The summed E-state index contributed by atoms with van der Waals surface area (Å²) in [6.07, 6.45) is 4.20. The Morgan fingerprint density at radius 2 is 2.00 bits per heavy atom. The monoisotopic (exact) mass is 219 g/mol. The quantitative estimate of drug-likeness (QED) is 0.843. The second-order valence-corrected chi connectivity index (χ2v) is 4.30. The molecule has 0 saturated carbocycles. The molecule has 0 aromatic heterocycles. The Labute approximate surface area is 95.6 Å². The van der Waals surface area contributed by atoms with E-state index >= 15 is 0 Å². The summed E-state index contributed by atoms with van der Waals surface area (Å²) in [5.41, 5.74) is 7.91. The van der Waals surface area contributed by atoms with Gasteiger partial charge in [0.25, 0.3) is 5.91 Å². The van der Waals surface area contributed by atoms with E-state index < -0.39 is 12.0 Å². The fraction of sp³-hybridized carbons (Fsp3) is 0.462.